The lowest BCUT2D eigenvalue weighted by Crippen LogP contribution is -2.29. The number of carbonyl (C=O) groups excluding carboxylic acids is 2. The largest absolute Gasteiger partial charge is 0.489 e. The lowest BCUT2D eigenvalue weighted by atomic mass is 10.0. The molecule has 22 heavy (non-hydrogen) atoms. The number of ketones is 1. The molecular formula is C18H17NO3. The first-order chi connectivity index (χ1) is 10.6. The Balaban J connectivity index is 1.82. The summed E-state index contributed by atoms with van der Waals surface area (Å²) in [6.45, 7) is 0.607. The molecule has 4 heteroatoms. The Morgan fingerprint density at radius 2 is 1.86 bits per heavy atom. The molecule has 1 aliphatic rings. The molecule has 3 rings (SSSR count). The molecule has 0 aromatic heterocycles. The monoisotopic (exact) mass is 295 g/mol. The van der Waals surface area contributed by atoms with Crippen molar-refractivity contribution in [1.82, 2.24) is 4.90 Å². The Morgan fingerprint density at radius 1 is 1.09 bits per heavy atom. The fraction of sp³-hybridized carbons (Fsp3) is 0.222. The van der Waals surface area contributed by atoms with E-state index in [-0.39, 0.29) is 18.2 Å². The smallest absolute Gasteiger partial charge is 0.254 e. The van der Waals surface area contributed by atoms with Crippen LogP contribution in [0.2, 0.25) is 0 Å². The Labute approximate surface area is 129 Å². The van der Waals surface area contributed by atoms with Crippen LogP contribution in [0.1, 0.15) is 21.5 Å². The molecule has 0 bridgehead atoms. The summed E-state index contributed by atoms with van der Waals surface area (Å²) >= 11 is 0. The zero-order valence-corrected chi connectivity index (χ0v) is 12.4. The minimum atomic E-state index is -0.133. The summed E-state index contributed by atoms with van der Waals surface area (Å²) in [6, 6.07) is 15.2. The quantitative estimate of drug-likeness (QED) is 0.874. The van der Waals surface area contributed by atoms with Crippen molar-refractivity contribution in [3.05, 3.63) is 65.2 Å². The number of hydrogen-bond acceptors (Lipinski definition) is 3. The Kier molecular flexibility index (Phi) is 3.92. The highest BCUT2D eigenvalue weighted by atomic mass is 16.5. The van der Waals surface area contributed by atoms with Gasteiger partial charge in [-0.1, -0.05) is 36.4 Å². The van der Waals surface area contributed by atoms with Gasteiger partial charge >= 0.3 is 0 Å². The zero-order chi connectivity index (χ0) is 15.5. The minimum absolute atomic E-state index is 0.0487. The third-order valence-corrected chi connectivity index (χ3v) is 3.71. The van der Waals surface area contributed by atoms with E-state index in [1.165, 1.54) is 4.90 Å². The van der Waals surface area contributed by atoms with E-state index >= 15 is 0 Å². The topological polar surface area (TPSA) is 46.6 Å². The summed E-state index contributed by atoms with van der Waals surface area (Å²) in [7, 11) is 1.65. The van der Waals surface area contributed by atoms with Crippen LogP contribution in [0.25, 0.3) is 0 Å². The normalized spacial score (nSPS) is 14.5. The van der Waals surface area contributed by atoms with E-state index in [0.717, 1.165) is 11.1 Å². The minimum Gasteiger partial charge on any atom is -0.489 e. The average Bonchev–Trinajstić information content (AvgIpc) is 2.63. The Bertz CT molecular complexity index is 710. The van der Waals surface area contributed by atoms with Crippen molar-refractivity contribution in [3.63, 3.8) is 0 Å². The molecule has 4 nitrogen and oxygen atoms in total. The van der Waals surface area contributed by atoms with Gasteiger partial charge in [0.05, 0.1) is 6.54 Å². The second-order valence-electron chi connectivity index (χ2n) is 5.47. The Hall–Kier alpha value is -2.62. The van der Waals surface area contributed by atoms with Crippen molar-refractivity contribution in [1.29, 1.82) is 0 Å². The Morgan fingerprint density at radius 3 is 2.64 bits per heavy atom. The van der Waals surface area contributed by atoms with Gasteiger partial charge in [-0.3, -0.25) is 9.59 Å². The lowest BCUT2D eigenvalue weighted by molar-refractivity contribution is -0.118. The van der Waals surface area contributed by atoms with Gasteiger partial charge < -0.3 is 9.64 Å². The molecule has 1 aliphatic heterocycles. The third-order valence-electron chi connectivity index (χ3n) is 3.71. The SMILES string of the molecule is CN1CC(=O)Cc2ccc(OCc3ccccc3)cc2C1=O. The van der Waals surface area contributed by atoms with Gasteiger partial charge in [-0.25, -0.2) is 0 Å². The van der Waals surface area contributed by atoms with E-state index in [9.17, 15) is 9.59 Å². The molecule has 0 aliphatic carbocycles. The molecule has 0 unspecified atom stereocenters. The number of Topliss-reactive ketones (excluding diaryl/α,β-unsaturated/α-hetero) is 1. The van der Waals surface area contributed by atoms with Gasteiger partial charge in [0.2, 0.25) is 0 Å². The number of benzene rings is 2. The summed E-state index contributed by atoms with van der Waals surface area (Å²) in [5.41, 5.74) is 2.39. The van der Waals surface area contributed by atoms with Crippen LogP contribution >= 0.6 is 0 Å². The van der Waals surface area contributed by atoms with Crippen molar-refractivity contribution in [2.24, 2.45) is 0 Å². The molecular weight excluding hydrogens is 278 g/mol. The summed E-state index contributed by atoms with van der Waals surface area (Å²) in [5, 5.41) is 0. The molecule has 112 valence electrons. The molecule has 0 fully saturated rings. The fourth-order valence-electron chi connectivity index (χ4n) is 2.55. The summed E-state index contributed by atoms with van der Waals surface area (Å²) in [4.78, 5) is 25.6. The summed E-state index contributed by atoms with van der Waals surface area (Å²) < 4.78 is 5.75. The highest BCUT2D eigenvalue weighted by Crippen LogP contribution is 2.23. The molecule has 0 radical (unpaired) electrons. The van der Waals surface area contributed by atoms with Crippen LogP contribution in [0.3, 0.4) is 0 Å². The van der Waals surface area contributed by atoms with Crippen molar-refractivity contribution < 1.29 is 14.3 Å². The molecule has 1 amide bonds. The van der Waals surface area contributed by atoms with Crippen molar-refractivity contribution in [2.45, 2.75) is 13.0 Å². The predicted molar refractivity (Wildman–Crippen MR) is 82.9 cm³/mol. The number of fused-ring (bicyclic) bond motifs is 1. The van der Waals surface area contributed by atoms with Crippen LogP contribution in [0.5, 0.6) is 5.75 Å². The second-order valence-corrected chi connectivity index (χ2v) is 5.47. The maximum Gasteiger partial charge on any atom is 0.254 e. The van der Waals surface area contributed by atoms with Crippen molar-refractivity contribution in [3.8, 4) is 5.75 Å². The number of hydrogen-bond donors (Lipinski definition) is 0. The van der Waals surface area contributed by atoms with Crippen LogP contribution in [0.4, 0.5) is 0 Å². The summed E-state index contributed by atoms with van der Waals surface area (Å²) in [5.74, 6) is 0.553. The second kappa shape index (κ2) is 6.02. The highest BCUT2D eigenvalue weighted by Gasteiger charge is 2.24. The number of carbonyl (C=O) groups is 2. The lowest BCUT2D eigenvalue weighted by Gasteiger charge is -2.14. The van der Waals surface area contributed by atoms with Gasteiger partial charge in [0.1, 0.15) is 12.4 Å². The van der Waals surface area contributed by atoms with Crippen LogP contribution in [-0.2, 0) is 17.8 Å². The average molecular weight is 295 g/mol. The van der Waals surface area contributed by atoms with E-state index in [1.54, 1.807) is 13.1 Å². The third kappa shape index (κ3) is 3.01. The number of rotatable bonds is 3. The molecule has 0 N–H and O–H groups in total. The van der Waals surface area contributed by atoms with Crippen LogP contribution in [0.15, 0.2) is 48.5 Å². The van der Waals surface area contributed by atoms with Gasteiger partial charge in [-0.2, -0.15) is 0 Å². The van der Waals surface area contributed by atoms with Gasteiger partial charge in [0.15, 0.2) is 5.78 Å². The fourth-order valence-corrected chi connectivity index (χ4v) is 2.55. The van der Waals surface area contributed by atoms with Crippen LogP contribution < -0.4 is 4.74 Å². The molecule has 2 aromatic rings. The van der Waals surface area contributed by atoms with Gasteiger partial charge in [-0.15, -0.1) is 0 Å². The van der Waals surface area contributed by atoms with E-state index in [4.69, 9.17) is 4.74 Å². The zero-order valence-electron chi connectivity index (χ0n) is 12.4. The molecule has 1 heterocycles. The first-order valence-electron chi connectivity index (χ1n) is 7.20. The molecule has 0 atom stereocenters. The number of nitrogens with zero attached hydrogens (tertiary/aromatic N) is 1. The van der Waals surface area contributed by atoms with Gasteiger partial charge in [-0.05, 0) is 23.3 Å². The maximum atomic E-state index is 12.3. The number of ether oxygens (including phenoxy) is 1. The standard InChI is InChI=1S/C18H17NO3/c1-19-11-15(20)9-14-7-8-16(10-17(14)18(19)21)22-12-13-5-3-2-4-6-13/h2-8,10H,9,11-12H2,1H3. The van der Waals surface area contributed by atoms with Crippen LogP contribution in [0, 0.1) is 0 Å². The molecule has 0 saturated heterocycles. The van der Waals surface area contributed by atoms with Crippen LogP contribution in [-0.4, -0.2) is 30.2 Å². The maximum absolute atomic E-state index is 12.3. The van der Waals surface area contributed by atoms with E-state index < -0.39 is 0 Å². The first kappa shape index (κ1) is 14.3. The van der Waals surface area contributed by atoms with E-state index in [0.29, 0.717) is 24.3 Å². The first-order valence-corrected chi connectivity index (χ1v) is 7.20. The van der Waals surface area contributed by atoms with E-state index in [2.05, 4.69) is 0 Å². The van der Waals surface area contributed by atoms with Crippen molar-refractivity contribution >= 4 is 11.7 Å². The van der Waals surface area contributed by atoms with Gasteiger partial charge in [0, 0.05) is 19.0 Å². The number of amides is 1. The van der Waals surface area contributed by atoms with E-state index in [1.807, 2.05) is 42.5 Å². The number of likely N-dealkylation sites (N-methyl/N-ethyl adjacent to an activating group) is 1. The van der Waals surface area contributed by atoms with Gasteiger partial charge in [0.25, 0.3) is 5.91 Å². The highest BCUT2D eigenvalue weighted by molar-refractivity contribution is 6.01. The predicted octanol–water partition coefficient (Wildman–Crippen LogP) is 2.46. The molecule has 0 spiro atoms. The van der Waals surface area contributed by atoms with Crippen molar-refractivity contribution in [2.75, 3.05) is 13.6 Å². The molecule has 2 aromatic carbocycles. The molecule has 0 saturated carbocycles. The summed E-state index contributed by atoms with van der Waals surface area (Å²) in [6.07, 6.45) is 0.296.